The summed E-state index contributed by atoms with van der Waals surface area (Å²) < 4.78 is 5.30. The highest BCUT2D eigenvalue weighted by atomic mass is 16.5. The molecule has 0 aromatic rings. The summed E-state index contributed by atoms with van der Waals surface area (Å²) in [4.78, 5) is 11.1. The molecule has 0 aromatic carbocycles. The van der Waals surface area contributed by atoms with Crippen LogP contribution in [0.25, 0.3) is 0 Å². The topological polar surface area (TPSA) is 26.3 Å². The van der Waals surface area contributed by atoms with Crippen molar-refractivity contribution in [2.45, 2.75) is 68.2 Å². The van der Waals surface area contributed by atoms with Crippen LogP contribution in [0, 0.1) is 11.8 Å². The molecule has 0 aromatic heterocycles. The molecule has 0 heterocycles. The quantitative estimate of drug-likeness (QED) is 0.431. The highest BCUT2D eigenvalue weighted by Gasteiger charge is 2.06. The Balaban J connectivity index is 0. The lowest BCUT2D eigenvalue weighted by Crippen LogP contribution is -2.05. The molecule has 21 heavy (non-hydrogen) atoms. The Morgan fingerprint density at radius 1 is 0.810 bits per heavy atom. The molecule has 2 heteroatoms. The van der Waals surface area contributed by atoms with Crippen molar-refractivity contribution in [3.05, 3.63) is 23.3 Å². The Hall–Kier alpha value is -0.890. The summed E-state index contributed by atoms with van der Waals surface area (Å²) in [6.07, 6.45) is 5.66. The van der Waals surface area contributed by atoms with E-state index >= 15 is 0 Å². The van der Waals surface area contributed by atoms with E-state index in [1.807, 2.05) is 0 Å². The van der Waals surface area contributed by atoms with Crippen LogP contribution in [0.15, 0.2) is 23.3 Å². The smallest absolute Gasteiger partial charge is 0.133 e. The number of carbonyl (C=O) groups is 1. The number of rotatable bonds is 8. The van der Waals surface area contributed by atoms with Crippen molar-refractivity contribution >= 4 is 5.78 Å². The van der Waals surface area contributed by atoms with Crippen LogP contribution < -0.4 is 0 Å². The normalized spacial score (nSPS) is 10.0. The second-order valence-corrected chi connectivity index (χ2v) is 6.84. The minimum Gasteiger partial charge on any atom is -0.373 e. The van der Waals surface area contributed by atoms with Crippen LogP contribution in [0.5, 0.6) is 0 Å². The van der Waals surface area contributed by atoms with E-state index in [4.69, 9.17) is 4.74 Å². The van der Waals surface area contributed by atoms with Crippen LogP contribution in [0.1, 0.15) is 68.2 Å². The van der Waals surface area contributed by atoms with Crippen LogP contribution in [0.4, 0.5) is 0 Å². The molecule has 0 aliphatic carbocycles. The van der Waals surface area contributed by atoms with Crippen molar-refractivity contribution in [2.75, 3.05) is 13.2 Å². The Bertz CT molecular complexity index is 284. The first-order valence-corrected chi connectivity index (χ1v) is 8.01. The molecule has 0 saturated carbocycles. The van der Waals surface area contributed by atoms with Crippen molar-refractivity contribution in [2.24, 2.45) is 11.8 Å². The number of allylic oxidation sites excluding steroid dienone is 2. The van der Waals surface area contributed by atoms with E-state index in [9.17, 15) is 4.79 Å². The van der Waals surface area contributed by atoms with Gasteiger partial charge in [-0.3, -0.25) is 4.79 Å². The second kappa shape index (κ2) is 14.1. The molecule has 0 unspecified atom stereocenters. The number of hydrogen-bond acceptors (Lipinski definition) is 2. The molecular formula is C19H36O2. The Morgan fingerprint density at radius 3 is 1.38 bits per heavy atom. The van der Waals surface area contributed by atoms with E-state index in [0.29, 0.717) is 17.6 Å². The minimum absolute atomic E-state index is 0.407. The van der Waals surface area contributed by atoms with Crippen molar-refractivity contribution in [1.29, 1.82) is 0 Å². The average molecular weight is 296 g/mol. The predicted octanol–water partition coefficient (Wildman–Crippen LogP) is 5.58. The third kappa shape index (κ3) is 24.5. The van der Waals surface area contributed by atoms with Gasteiger partial charge in [0.05, 0.1) is 13.2 Å². The van der Waals surface area contributed by atoms with Gasteiger partial charge in [-0.1, -0.05) is 51.0 Å². The van der Waals surface area contributed by atoms with Crippen LogP contribution in [0.3, 0.4) is 0 Å². The van der Waals surface area contributed by atoms with Crippen molar-refractivity contribution in [1.82, 2.24) is 0 Å². The van der Waals surface area contributed by atoms with E-state index in [0.717, 1.165) is 26.1 Å². The summed E-state index contributed by atoms with van der Waals surface area (Å²) in [5.74, 6) is 1.45. The largest absolute Gasteiger partial charge is 0.373 e. The van der Waals surface area contributed by atoms with Gasteiger partial charge in [0.15, 0.2) is 0 Å². The molecule has 124 valence electrons. The van der Waals surface area contributed by atoms with Crippen LogP contribution in [-0.4, -0.2) is 19.0 Å². The molecule has 0 bridgehead atoms. The van der Waals surface area contributed by atoms with E-state index < -0.39 is 0 Å². The highest BCUT2D eigenvalue weighted by Crippen LogP contribution is 2.07. The summed E-state index contributed by atoms with van der Waals surface area (Å²) in [7, 11) is 0. The Labute approximate surface area is 132 Å². The standard InChI is InChI=1S/C10H18O.C9H18O/c1-9(2)5-7-11-8-6-10(3)4;1-7(2)5-9(10)6-8(3)4/h5-6H,7-8H2,1-4H3;7-8H,5-6H2,1-4H3. The predicted molar refractivity (Wildman–Crippen MR) is 93.6 cm³/mol. The second-order valence-electron chi connectivity index (χ2n) is 6.84. The fourth-order valence-electron chi connectivity index (χ4n) is 1.51. The zero-order valence-electron chi connectivity index (χ0n) is 15.5. The summed E-state index contributed by atoms with van der Waals surface area (Å²) in [6.45, 7) is 18.1. The summed E-state index contributed by atoms with van der Waals surface area (Å²) in [6, 6.07) is 0. The first-order valence-electron chi connectivity index (χ1n) is 8.01. The third-order valence-corrected chi connectivity index (χ3v) is 2.49. The van der Waals surface area contributed by atoms with Crippen LogP contribution in [-0.2, 0) is 9.53 Å². The van der Waals surface area contributed by atoms with Gasteiger partial charge in [-0.2, -0.15) is 0 Å². The van der Waals surface area contributed by atoms with Crippen molar-refractivity contribution < 1.29 is 9.53 Å². The Kier molecular flexibility index (Phi) is 15.0. The van der Waals surface area contributed by atoms with E-state index in [2.05, 4.69) is 67.5 Å². The zero-order valence-corrected chi connectivity index (χ0v) is 15.5. The number of ketones is 1. The summed E-state index contributed by atoms with van der Waals surface area (Å²) in [5.41, 5.74) is 2.62. The lowest BCUT2D eigenvalue weighted by Gasteiger charge is -2.05. The van der Waals surface area contributed by atoms with E-state index in [1.54, 1.807) is 0 Å². The first kappa shape index (κ1) is 22.4. The van der Waals surface area contributed by atoms with Crippen molar-refractivity contribution in [3.8, 4) is 0 Å². The molecule has 0 amide bonds. The van der Waals surface area contributed by atoms with Gasteiger partial charge in [0, 0.05) is 12.8 Å². The van der Waals surface area contributed by atoms with Gasteiger partial charge in [-0.05, 0) is 39.5 Å². The zero-order chi connectivity index (χ0) is 16.8. The molecule has 2 nitrogen and oxygen atoms in total. The maximum Gasteiger partial charge on any atom is 0.133 e. The van der Waals surface area contributed by atoms with Gasteiger partial charge in [0.2, 0.25) is 0 Å². The molecule has 0 fully saturated rings. The van der Waals surface area contributed by atoms with Gasteiger partial charge in [0.1, 0.15) is 5.78 Å². The molecule has 0 aliphatic rings. The molecule has 0 rings (SSSR count). The van der Waals surface area contributed by atoms with Gasteiger partial charge < -0.3 is 4.74 Å². The summed E-state index contributed by atoms with van der Waals surface area (Å²) in [5, 5.41) is 0. The summed E-state index contributed by atoms with van der Waals surface area (Å²) >= 11 is 0. The molecule has 0 radical (unpaired) electrons. The highest BCUT2D eigenvalue weighted by molar-refractivity contribution is 5.78. The van der Waals surface area contributed by atoms with Crippen LogP contribution in [0.2, 0.25) is 0 Å². The lowest BCUT2D eigenvalue weighted by atomic mass is 10.00. The van der Waals surface area contributed by atoms with Crippen molar-refractivity contribution in [3.63, 3.8) is 0 Å². The number of ether oxygens (including phenoxy) is 1. The Morgan fingerprint density at radius 2 is 1.14 bits per heavy atom. The van der Waals surface area contributed by atoms with Crippen LogP contribution >= 0.6 is 0 Å². The van der Waals surface area contributed by atoms with Gasteiger partial charge in [0.25, 0.3) is 0 Å². The third-order valence-electron chi connectivity index (χ3n) is 2.49. The molecule has 0 saturated heterocycles. The lowest BCUT2D eigenvalue weighted by molar-refractivity contribution is -0.120. The van der Waals surface area contributed by atoms with Gasteiger partial charge in [-0.25, -0.2) is 0 Å². The van der Waals surface area contributed by atoms with Gasteiger partial charge in [-0.15, -0.1) is 0 Å². The van der Waals surface area contributed by atoms with E-state index in [1.165, 1.54) is 11.1 Å². The fraction of sp³-hybridized carbons (Fsp3) is 0.737. The molecule has 0 spiro atoms. The molecular weight excluding hydrogens is 260 g/mol. The maximum atomic E-state index is 11.1. The number of Topliss-reactive ketones (excluding diaryl/α,β-unsaturated/α-hetero) is 1. The SMILES string of the molecule is CC(C)=CCOCC=C(C)C.CC(C)CC(=O)CC(C)C. The molecule has 0 aliphatic heterocycles. The molecule has 0 N–H and O–H groups in total. The number of carbonyl (C=O) groups excluding carboxylic acids is 1. The average Bonchev–Trinajstić information content (AvgIpc) is 2.25. The maximum absolute atomic E-state index is 11.1. The minimum atomic E-state index is 0.407. The monoisotopic (exact) mass is 296 g/mol. The number of hydrogen-bond donors (Lipinski definition) is 0. The molecule has 0 atom stereocenters. The fourth-order valence-corrected chi connectivity index (χ4v) is 1.51. The van der Waals surface area contributed by atoms with Gasteiger partial charge >= 0.3 is 0 Å². The first-order chi connectivity index (χ1) is 9.65. The van der Waals surface area contributed by atoms with E-state index in [-0.39, 0.29) is 0 Å².